The maximum Gasteiger partial charge on any atom is 0.509 e. The van der Waals surface area contributed by atoms with Crippen LogP contribution < -0.4 is 0 Å². The molecule has 0 rings (SSSR count). The number of nitrogens with zero attached hydrogens (tertiary/aromatic N) is 1. The minimum Gasteiger partial charge on any atom is -0.435 e. The molecule has 86 valence electrons. The number of hydrogen-bond acceptors (Lipinski definition) is 4. The fourth-order valence-corrected chi connectivity index (χ4v) is 1.17. The van der Waals surface area contributed by atoms with E-state index in [-0.39, 0.29) is 6.61 Å². The van der Waals surface area contributed by atoms with E-state index in [1.807, 2.05) is 6.07 Å². The van der Waals surface area contributed by atoms with Gasteiger partial charge in [-0.25, -0.2) is 4.79 Å². The number of unbranched alkanes of at least 4 members (excludes halogenated alkanes) is 3. The third-order valence-corrected chi connectivity index (χ3v) is 1.96. The van der Waals surface area contributed by atoms with E-state index < -0.39 is 12.3 Å². The van der Waals surface area contributed by atoms with Crippen LogP contribution in [0.3, 0.4) is 0 Å². The highest BCUT2D eigenvalue weighted by Gasteiger charge is 2.13. The van der Waals surface area contributed by atoms with Gasteiger partial charge in [0.05, 0.1) is 6.61 Å². The van der Waals surface area contributed by atoms with E-state index in [9.17, 15) is 4.79 Å². The fraction of sp³-hybridized carbons (Fsp3) is 0.818. The topological polar surface area (TPSA) is 59.3 Å². The lowest BCUT2D eigenvalue weighted by Crippen LogP contribution is -2.17. The summed E-state index contributed by atoms with van der Waals surface area (Å²) in [5.74, 6) is 0. The summed E-state index contributed by atoms with van der Waals surface area (Å²) in [4.78, 5) is 10.9. The second kappa shape index (κ2) is 9.32. The maximum absolute atomic E-state index is 10.9. The molecule has 0 N–H and O–H groups in total. The normalized spacial score (nSPS) is 11.5. The van der Waals surface area contributed by atoms with Crippen LogP contribution >= 0.6 is 0 Å². The average molecular weight is 213 g/mol. The maximum atomic E-state index is 10.9. The van der Waals surface area contributed by atoms with E-state index >= 15 is 0 Å². The number of hydrogen-bond donors (Lipinski definition) is 0. The Bertz CT molecular complexity index is 210. The first-order valence-electron chi connectivity index (χ1n) is 5.47. The first kappa shape index (κ1) is 13.8. The lowest BCUT2D eigenvalue weighted by Gasteiger charge is -2.09. The monoisotopic (exact) mass is 213 g/mol. The average Bonchev–Trinajstić information content (AvgIpc) is 2.23. The van der Waals surface area contributed by atoms with Crippen molar-refractivity contribution in [2.24, 2.45) is 0 Å². The molecule has 0 radical (unpaired) electrons. The summed E-state index contributed by atoms with van der Waals surface area (Å²) < 4.78 is 9.39. The lowest BCUT2D eigenvalue weighted by atomic mass is 10.1. The second-order valence-corrected chi connectivity index (χ2v) is 3.27. The Balaban J connectivity index is 3.64. The summed E-state index contributed by atoms with van der Waals surface area (Å²) in [6, 6.07) is 1.95. The predicted octanol–water partition coefficient (Wildman–Crippen LogP) is 3.02. The van der Waals surface area contributed by atoms with Crippen molar-refractivity contribution in [2.75, 3.05) is 6.61 Å². The highest BCUT2D eigenvalue weighted by molar-refractivity contribution is 5.60. The van der Waals surface area contributed by atoms with Crippen molar-refractivity contribution >= 4 is 6.16 Å². The molecule has 0 aromatic carbocycles. The van der Waals surface area contributed by atoms with Gasteiger partial charge in [0, 0.05) is 0 Å². The number of nitriles is 1. The highest BCUT2D eigenvalue weighted by atomic mass is 16.7. The Morgan fingerprint density at radius 1 is 1.33 bits per heavy atom. The molecule has 0 saturated heterocycles. The van der Waals surface area contributed by atoms with Crippen molar-refractivity contribution in [1.29, 1.82) is 5.26 Å². The van der Waals surface area contributed by atoms with Crippen LogP contribution in [0.5, 0.6) is 0 Å². The van der Waals surface area contributed by atoms with Crippen LogP contribution in [0.15, 0.2) is 0 Å². The fourth-order valence-electron chi connectivity index (χ4n) is 1.17. The number of rotatable bonds is 7. The summed E-state index contributed by atoms with van der Waals surface area (Å²) in [6.45, 7) is 4.09. The van der Waals surface area contributed by atoms with E-state index in [4.69, 9.17) is 10.00 Å². The molecule has 0 unspecified atom stereocenters. The van der Waals surface area contributed by atoms with Gasteiger partial charge in [-0.05, 0) is 19.8 Å². The number of carbonyl (C=O) groups is 1. The predicted molar refractivity (Wildman–Crippen MR) is 56.3 cm³/mol. The Labute approximate surface area is 91.2 Å². The summed E-state index contributed by atoms with van der Waals surface area (Å²) in [5, 5.41) is 8.72. The van der Waals surface area contributed by atoms with Crippen LogP contribution in [0.4, 0.5) is 4.79 Å². The highest BCUT2D eigenvalue weighted by Crippen LogP contribution is 2.08. The van der Waals surface area contributed by atoms with Crippen LogP contribution in [0.2, 0.25) is 0 Å². The molecule has 0 aromatic heterocycles. The van der Waals surface area contributed by atoms with E-state index in [0.717, 1.165) is 25.7 Å². The molecule has 0 spiro atoms. The Morgan fingerprint density at radius 3 is 2.60 bits per heavy atom. The van der Waals surface area contributed by atoms with Crippen LogP contribution in [0, 0.1) is 11.3 Å². The van der Waals surface area contributed by atoms with Gasteiger partial charge in [-0.2, -0.15) is 5.26 Å². The molecule has 0 saturated carbocycles. The minimum absolute atomic E-state index is 0.271. The van der Waals surface area contributed by atoms with Crippen molar-refractivity contribution in [1.82, 2.24) is 0 Å². The molecule has 0 aliphatic rings. The minimum atomic E-state index is -0.750. The van der Waals surface area contributed by atoms with Crippen molar-refractivity contribution < 1.29 is 14.3 Å². The van der Waals surface area contributed by atoms with Crippen molar-refractivity contribution in [2.45, 2.75) is 52.1 Å². The lowest BCUT2D eigenvalue weighted by molar-refractivity contribution is 0.0397. The summed E-state index contributed by atoms with van der Waals surface area (Å²) in [6.07, 6.45) is 3.45. The third kappa shape index (κ3) is 7.80. The molecule has 0 aliphatic carbocycles. The zero-order valence-corrected chi connectivity index (χ0v) is 9.49. The van der Waals surface area contributed by atoms with Crippen molar-refractivity contribution in [3.8, 4) is 6.07 Å². The van der Waals surface area contributed by atoms with Gasteiger partial charge in [-0.15, -0.1) is 0 Å². The molecular formula is C11H19NO3. The van der Waals surface area contributed by atoms with Crippen molar-refractivity contribution in [3.05, 3.63) is 0 Å². The molecule has 0 heterocycles. The summed E-state index contributed by atoms with van der Waals surface area (Å²) in [5.41, 5.74) is 0. The number of carbonyl (C=O) groups excluding carboxylic acids is 1. The first-order chi connectivity index (χ1) is 7.24. The molecule has 0 aliphatic heterocycles. The largest absolute Gasteiger partial charge is 0.509 e. The molecular weight excluding hydrogens is 194 g/mol. The summed E-state index contributed by atoms with van der Waals surface area (Å²) >= 11 is 0. The Morgan fingerprint density at radius 2 is 2.07 bits per heavy atom. The molecule has 4 nitrogen and oxygen atoms in total. The van der Waals surface area contributed by atoms with Gasteiger partial charge in [0.15, 0.2) is 6.10 Å². The van der Waals surface area contributed by atoms with Crippen molar-refractivity contribution in [3.63, 3.8) is 0 Å². The van der Waals surface area contributed by atoms with Gasteiger partial charge in [0.25, 0.3) is 0 Å². The Kier molecular flexibility index (Phi) is 8.55. The number of ether oxygens (including phenoxy) is 2. The zero-order chi connectivity index (χ0) is 11.5. The van der Waals surface area contributed by atoms with Gasteiger partial charge in [0.2, 0.25) is 0 Å². The SMILES string of the molecule is CCCCCC[C@@H](C#N)OC(=O)OCC. The Hall–Kier alpha value is -1.24. The van der Waals surface area contributed by atoms with Crippen LogP contribution in [0.25, 0.3) is 0 Å². The van der Waals surface area contributed by atoms with E-state index in [1.54, 1.807) is 6.92 Å². The zero-order valence-electron chi connectivity index (χ0n) is 9.49. The van der Waals surface area contributed by atoms with Gasteiger partial charge in [-0.3, -0.25) is 0 Å². The van der Waals surface area contributed by atoms with Gasteiger partial charge >= 0.3 is 6.16 Å². The van der Waals surface area contributed by atoms with Gasteiger partial charge in [0.1, 0.15) is 6.07 Å². The standard InChI is InChI=1S/C11H19NO3/c1-3-5-6-7-8-10(9-12)15-11(13)14-4-2/h10H,3-8H2,1-2H3/t10-/m0/s1. The first-order valence-corrected chi connectivity index (χ1v) is 5.47. The van der Waals surface area contributed by atoms with Crippen LogP contribution in [0.1, 0.15) is 46.0 Å². The van der Waals surface area contributed by atoms with Crippen LogP contribution in [-0.4, -0.2) is 18.9 Å². The molecule has 4 heteroatoms. The van der Waals surface area contributed by atoms with Crippen LogP contribution in [-0.2, 0) is 9.47 Å². The molecule has 0 bridgehead atoms. The van der Waals surface area contributed by atoms with E-state index in [2.05, 4.69) is 11.7 Å². The van der Waals surface area contributed by atoms with Gasteiger partial charge in [-0.1, -0.05) is 26.2 Å². The summed E-state index contributed by atoms with van der Waals surface area (Å²) in [7, 11) is 0. The molecule has 0 fully saturated rings. The third-order valence-electron chi connectivity index (χ3n) is 1.96. The van der Waals surface area contributed by atoms with E-state index in [1.165, 1.54) is 0 Å². The van der Waals surface area contributed by atoms with E-state index in [0.29, 0.717) is 6.42 Å². The molecule has 15 heavy (non-hydrogen) atoms. The molecule has 1 atom stereocenters. The molecule has 0 aromatic rings. The quantitative estimate of drug-likeness (QED) is 0.481. The van der Waals surface area contributed by atoms with Gasteiger partial charge < -0.3 is 9.47 Å². The second-order valence-electron chi connectivity index (χ2n) is 3.27. The molecule has 0 amide bonds. The smallest absolute Gasteiger partial charge is 0.435 e.